The summed E-state index contributed by atoms with van der Waals surface area (Å²) >= 11 is 3.38. The second kappa shape index (κ2) is 9.55. The van der Waals surface area contributed by atoms with Gasteiger partial charge in [0.2, 0.25) is 0 Å². The van der Waals surface area contributed by atoms with Crippen LogP contribution < -0.4 is 5.32 Å². The number of allylic oxidation sites excluding steroid dienone is 1. The molecule has 0 bridgehead atoms. The smallest absolute Gasteiger partial charge is 0.338 e. The van der Waals surface area contributed by atoms with Crippen LogP contribution in [0.25, 0.3) is 0 Å². The normalized spacial score (nSPS) is 16.8. The van der Waals surface area contributed by atoms with Crippen molar-refractivity contribution in [2.75, 3.05) is 20.3 Å². The Morgan fingerprint density at radius 2 is 1.93 bits per heavy atom. The highest BCUT2D eigenvalue weighted by molar-refractivity contribution is 9.10. The van der Waals surface area contributed by atoms with Crippen molar-refractivity contribution < 1.29 is 23.9 Å². The number of amides is 2. The average molecular weight is 439 g/mol. The molecule has 1 atom stereocenters. The van der Waals surface area contributed by atoms with Gasteiger partial charge in [0.15, 0.2) is 0 Å². The SMILES string of the molecule is CCOC(=O)C1=C(C)N(CCCC(=O)OC)C(=O)NC1c1ccc(Br)cc1. The number of ether oxygens (including phenoxy) is 2. The molecular weight excluding hydrogens is 416 g/mol. The molecule has 1 N–H and O–H groups in total. The summed E-state index contributed by atoms with van der Waals surface area (Å²) in [5.41, 5.74) is 1.69. The molecule has 0 aromatic heterocycles. The van der Waals surface area contributed by atoms with Crippen LogP contribution in [0.1, 0.15) is 38.3 Å². The summed E-state index contributed by atoms with van der Waals surface area (Å²) < 4.78 is 10.7. The van der Waals surface area contributed by atoms with Gasteiger partial charge in [-0.15, -0.1) is 0 Å². The van der Waals surface area contributed by atoms with E-state index in [1.165, 1.54) is 12.0 Å². The highest BCUT2D eigenvalue weighted by Gasteiger charge is 2.36. The first kappa shape index (κ1) is 21.0. The van der Waals surface area contributed by atoms with Gasteiger partial charge in [0.1, 0.15) is 0 Å². The van der Waals surface area contributed by atoms with E-state index in [2.05, 4.69) is 26.0 Å². The summed E-state index contributed by atoms with van der Waals surface area (Å²) in [5, 5.41) is 2.87. The molecule has 1 heterocycles. The third-order valence-corrected chi connectivity index (χ3v) is 4.81. The molecule has 1 aromatic carbocycles. The van der Waals surface area contributed by atoms with Crippen molar-refractivity contribution in [3.63, 3.8) is 0 Å². The third kappa shape index (κ3) is 5.09. The van der Waals surface area contributed by atoms with Crippen molar-refractivity contribution in [3.05, 3.63) is 45.6 Å². The van der Waals surface area contributed by atoms with Crippen molar-refractivity contribution >= 4 is 33.9 Å². The summed E-state index contributed by atoms with van der Waals surface area (Å²) in [5.74, 6) is -0.812. The van der Waals surface area contributed by atoms with Gasteiger partial charge in [-0.3, -0.25) is 9.69 Å². The highest BCUT2D eigenvalue weighted by atomic mass is 79.9. The van der Waals surface area contributed by atoms with Crippen molar-refractivity contribution in [2.24, 2.45) is 0 Å². The number of urea groups is 1. The van der Waals surface area contributed by atoms with Crippen LogP contribution in [0.15, 0.2) is 40.0 Å². The summed E-state index contributed by atoms with van der Waals surface area (Å²) in [6.07, 6.45) is 0.620. The third-order valence-electron chi connectivity index (χ3n) is 4.29. The Labute approximate surface area is 166 Å². The number of esters is 2. The molecule has 1 unspecified atom stereocenters. The lowest BCUT2D eigenvalue weighted by molar-refractivity contribution is -0.141. The predicted octanol–water partition coefficient (Wildman–Crippen LogP) is 3.31. The zero-order valence-electron chi connectivity index (χ0n) is 15.6. The largest absolute Gasteiger partial charge is 0.469 e. The summed E-state index contributed by atoms with van der Waals surface area (Å²) in [6, 6.07) is 6.47. The molecule has 0 fully saturated rings. The molecule has 0 spiro atoms. The molecule has 1 aromatic rings. The van der Waals surface area contributed by atoms with Gasteiger partial charge >= 0.3 is 18.0 Å². The molecule has 0 saturated carbocycles. The first-order valence-electron chi connectivity index (χ1n) is 8.67. The number of carbonyl (C=O) groups excluding carboxylic acids is 3. The van der Waals surface area contributed by atoms with Gasteiger partial charge in [0.05, 0.1) is 25.3 Å². The van der Waals surface area contributed by atoms with Gasteiger partial charge in [-0.05, 0) is 38.0 Å². The molecule has 146 valence electrons. The van der Waals surface area contributed by atoms with Crippen LogP contribution in [-0.4, -0.2) is 43.1 Å². The van der Waals surface area contributed by atoms with Crippen LogP contribution in [0.3, 0.4) is 0 Å². The van der Waals surface area contributed by atoms with Gasteiger partial charge in [-0.25, -0.2) is 9.59 Å². The maximum absolute atomic E-state index is 12.6. The molecule has 0 radical (unpaired) electrons. The second-order valence-electron chi connectivity index (χ2n) is 5.98. The Balaban J connectivity index is 2.33. The van der Waals surface area contributed by atoms with Gasteiger partial charge in [0.25, 0.3) is 0 Å². The van der Waals surface area contributed by atoms with E-state index < -0.39 is 12.0 Å². The van der Waals surface area contributed by atoms with E-state index in [0.717, 1.165) is 10.0 Å². The lowest BCUT2D eigenvalue weighted by Crippen LogP contribution is -2.48. The number of carbonyl (C=O) groups is 3. The number of nitrogens with zero attached hydrogens (tertiary/aromatic N) is 1. The molecule has 0 aliphatic carbocycles. The van der Waals surface area contributed by atoms with E-state index in [1.54, 1.807) is 13.8 Å². The Morgan fingerprint density at radius 3 is 2.52 bits per heavy atom. The summed E-state index contributed by atoms with van der Waals surface area (Å²) in [7, 11) is 1.32. The first-order chi connectivity index (χ1) is 12.9. The van der Waals surface area contributed by atoms with Crippen LogP contribution in [0.5, 0.6) is 0 Å². The van der Waals surface area contributed by atoms with Crippen molar-refractivity contribution in [1.29, 1.82) is 0 Å². The van der Waals surface area contributed by atoms with Gasteiger partial charge in [0, 0.05) is 23.1 Å². The number of rotatable bonds is 7. The molecule has 7 nitrogen and oxygen atoms in total. The number of hydrogen-bond acceptors (Lipinski definition) is 5. The molecule has 27 heavy (non-hydrogen) atoms. The van der Waals surface area contributed by atoms with E-state index in [4.69, 9.17) is 4.74 Å². The van der Waals surface area contributed by atoms with E-state index in [-0.39, 0.29) is 25.0 Å². The second-order valence-corrected chi connectivity index (χ2v) is 6.90. The van der Waals surface area contributed by atoms with E-state index in [1.807, 2.05) is 24.3 Å². The highest BCUT2D eigenvalue weighted by Crippen LogP contribution is 2.32. The number of nitrogens with one attached hydrogen (secondary N) is 1. The van der Waals surface area contributed by atoms with Crippen LogP contribution >= 0.6 is 15.9 Å². The lowest BCUT2D eigenvalue weighted by atomic mass is 9.95. The molecule has 2 amide bonds. The number of halogens is 1. The molecule has 8 heteroatoms. The molecule has 2 rings (SSSR count). The minimum absolute atomic E-state index is 0.193. The van der Waals surface area contributed by atoms with Gasteiger partial charge in [-0.2, -0.15) is 0 Å². The Morgan fingerprint density at radius 1 is 1.26 bits per heavy atom. The van der Waals surface area contributed by atoms with Crippen LogP contribution in [-0.2, 0) is 19.1 Å². The maximum atomic E-state index is 12.6. The minimum Gasteiger partial charge on any atom is -0.469 e. The van der Waals surface area contributed by atoms with E-state index in [9.17, 15) is 14.4 Å². The van der Waals surface area contributed by atoms with E-state index in [0.29, 0.717) is 24.2 Å². The fourth-order valence-corrected chi connectivity index (χ4v) is 3.18. The molecule has 1 aliphatic heterocycles. The van der Waals surface area contributed by atoms with Crippen molar-refractivity contribution in [2.45, 2.75) is 32.7 Å². The standard InChI is InChI=1S/C19H23BrN2O5/c1-4-27-18(24)16-12(2)22(11-5-6-15(23)26-3)19(25)21-17(16)13-7-9-14(20)10-8-13/h7-10,17H,4-6,11H2,1-3H3,(H,21,25). The zero-order chi connectivity index (χ0) is 20.0. The fraction of sp³-hybridized carbons (Fsp3) is 0.421. The quantitative estimate of drug-likeness (QED) is 0.659. The zero-order valence-corrected chi connectivity index (χ0v) is 17.2. The lowest BCUT2D eigenvalue weighted by Gasteiger charge is -2.35. The Kier molecular flexibility index (Phi) is 7.41. The number of methoxy groups -OCH3 is 1. The average Bonchev–Trinajstić information content (AvgIpc) is 2.64. The molecule has 0 saturated heterocycles. The monoisotopic (exact) mass is 438 g/mol. The maximum Gasteiger partial charge on any atom is 0.338 e. The van der Waals surface area contributed by atoms with Gasteiger partial charge in [-0.1, -0.05) is 28.1 Å². The van der Waals surface area contributed by atoms with Crippen LogP contribution in [0.2, 0.25) is 0 Å². The Hall–Kier alpha value is -2.35. The summed E-state index contributed by atoms with van der Waals surface area (Å²) in [4.78, 5) is 38.0. The van der Waals surface area contributed by atoms with Gasteiger partial charge < -0.3 is 14.8 Å². The van der Waals surface area contributed by atoms with Crippen LogP contribution in [0, 0.1) is 0 Å². The predicted molar refractivity (Wildman–Crippen MR) is 103 cm³/mol. The van der Waals surface area contributed by atoms with Crippen molar-refractivity contribution in [3.8, 4) is 0 Å². The number of hydrogen-bond donors (Lipinski definition) is 1. The van der Waals surface area contributed by atoms with Crippen LogP contribution in [0.4, 0.5) is 4.79 Å². The number of benzene rings is 1. The Bertz CT molecular complexity index is 745. The summed E-state index contributed by atoms with van der Waals surface area (Å²) in [6.45, 7) is 3.98. The van der Waals surface area contributed by atoms with Crippen molar-refractivity contribution in [1.82, 2.24) is 10.2 Å². The van der Waals surface area contributed by atoms with E-state index >= 15 is 0 Å². The first-order valence-corrected chi connectivity index (χ1v) is 9.46. The fourth-order valence-electron chi connectivity index (χ4n) is 2.91. The molecule has 1 aliphatic rings. The molecular formula is C19H23BrN2O5. The topological polar surface area (TPSA) is 84.9 Å². The minimum atomic E-state index is -0.596.